The minimum absolute atomic E-state index is 0.143. The van der Waals surface area contributed by atoms with Crippen LogP contribution in [0.3, 0.4) is 0 Å². The molecule has 5 nitrogen and oxygen atoms in total. The summed E-state index contributed by atoms with van der Waals surface area (Å²) in [5, 5.41) is 11.3. The number of rotatable bonds is 2. The van der Waals surface area contributed by atoms with E-state index in [1.165, 1.54) is 21.9 Å². The predicted molar refractivity (Wildman–Crippen MR) is 134 cm³/mol. The molecule has 4 rings (SSSR count). The van der Waals surface area contributed by atoms with Gasteiger partial charge in [-0.15, -0.1) is 0 Å². The average Bonchev–Trinajstić information content (AvgIpc) is 2.87. The summed E-state index contributed by atoms with van der Waals surface area (Å²) in [4.78, 5) is 11.7. The van der Waals surface area contributed by atoms with Gasteiger partial charge in [0.05, 0.1) is 12.7 Å². The van der Waals surface area contributed by atoms with Crippen LogP contribution in [0.1, 0.15) is 38.3 Å². The zero-order valence-electron chi connectivity index (χ0n) is 20.2. The first-order valence-corrected chi connectivity index (χ1v) is 11.7. The number of hydrogen-bond donors (Lipinski definition) is 2. The smallest absolute Gasteiger partial charge is 0.325 e. The molecule has 3 aromatic rings. The molecule has 33 heavy (non-hydrogen) atoms. The number of ether oxygens (including phenoxy) is 2. The fourth-order valence-corrected chi connectivity index (χ4v) is 3.77. The third-order valence-electron chi connectivity index (χ3n) is 5.36. The molecule has 0 bridgehead atoms. The lowest BCUT2D eigenvalue weighted by Gasteiger charge is -2.20. The number of benzene rings is 3. The first-order valence-electron chi connectivity index (χ1n) is 11.7. The van der Waals surface area contributed by atoms with E-state index in [1.54, 1.807) is 12.1 Å². The van der Waals surface area contributed by atoms with Crippen LogP contribution in [0.15, 0.2) is 66.7 Å². The van der Waals surface area contributed by atoms with Crippen molar-refractivity contribution in [1.82, 2.24) is 0 Å². The number of carbonyl (C=O) groups is 1. The van der Waals surface area contributed by atoms with E-state index >= 15 is 0 Å². The number of cyclic esters (lactones) is 1. The highest BCUT2D eigenvalue weighted by Gasteiger charge is 2.24. The number of nitrogens with two attached hydrogens (primary N) is 1. The van der Waals surface area contributed by atoms with Crippen LogP contribution < -0.4 is 5.73 Å². The number of carbonyl (C=O) groups excluding carboxylic acids is 1. The third-order valence-corrected chi connectivity index (χ3v) is 5.36. The molecule has 178 valence electrons. The van der Waals surface area contributed by atoms with Crippen molar-refractivity contribution in [3.8, 4) is 5.75 Å². The SMILES string of the molecule is CC.CC1CC(Cc2cccc3ccccc23)COC[C@H](N)C(=O)O1.Cc1ccc(O)cc1. The third kappa shape index (κ3) is 8.52. The Balaban J connectivity index is 0.000000323. The first kappa shape index (κ1) is 26.4. The lowest BCUT2D eigenvalue weighted by molar-refractivity contribution is -0.150. The van der Waals surface area contributed by atoms with Crippen LogP contribution >= 0.6 is 0 Å². The van der Waals surface area contributed by atoms with Crippen molar-refractivity contribution in [2.75, 3.05) is 13.2 Å². The van der Waals surface area contributed by atoms with Crippen molar-refractivity contribution in [3.05, 3.63) is 77.9 Å². The summed E-state index contributed by atoms with van der Waals surface area (Å²) in [7, 11) is 0. The first-order chi connectivity index (χ1) is 15.9. The molecule has 3 atom stereocenters. The second-order valence-electron chi connectivity index (χ2n) is 8.17. The highest BCUT2D eigenvalue weighted by molar-refractivity contribution is 5.85. The van der Waals surface area contributed by atoms with Gasteiger partial charge in [0.15, 0.2) is 0 Å². The average molecular weight is 452 g/mol. The summed E-state index contributed by atoms with van der Waals surface area (Å²) in [6.07, 6.45) is 1.54. The molecule has 1 saturated heterocycles. The van der Waals surface area contributed by atoms with Gasteiger partial charge in [-0.2, -0.15) is 0 Å². The van der Waals surface area contributed by atoms with Crippen molar-refractivity contribution in [1.29, 1.82) is 0 Å². The molecular formula is C28H37NO4. The minimum Gasteiger partial charge on any atom is -0.508 e. The van der Waals surface area contributed by atoms with E-state index in [0.29, 0.717) is 18.3 Å². The molecule has 0 saturated carbocycles. The van der Waals surface area contributed by atoms with E-state index in [-0.39, 0.29) is 18.7 Å². The van der Waals surface area contributed by atoms with Gasteiger partial charge in [-0.3, -0.25) is 4.79 Å². The van der Waals surface area contributed by atoms with Crippen LogP contribution in [0.4, 0.5) is 0 Å². The molecule has 2 unspecified atom stereocenters. The summed E-state index contributed by atoms with van der Waals surface area (Å²) in [5.74, 6) is 0.257. The van der Waals surface area contributed by atoms with Crippen molar-refractivity contribution in [3.63, 3.8) is 0 Å². The van der Waals surface area contributed by atoms with Gasteiger partial charge >= 0.3 is 5.97 Å². The van der Waals surface area contributed by atoms with Crippen LogP contribution in [0.25, 0.3) is 10.8 Å². The number of fused-ring (bicyclic) bond motifs is 1. The fraction of sp³-hybridized carbons (Fsp3) is 0.393. The molecule has 0 radical (unpaired) electrons. The Morgan fingerprint density at radius 3 is 2.33 bits per heavy atom. The maximum absolute atomic E-state index is 11.7. The Bertz CT molecular complexity index is 960. The topological polar surface area (TPSA) is 81.8 Å². The molecule has 0 spiro atoms. The quantitative estimate of drug-likeness (QED) is 0.510. The van der Waals surface area contributed by atoms with E-state index in [1.807, 2.05) is 39.8 Å². The van der Waals surface area contributed by atoms with Gasteiger partial charge in [0.1, 0.15) is 11.8 Å². The standard InChI is InChI=1S/C19H23NO3.C7H8O.C2H6/c1-13-9-14(11-22-12-18(20)19(21)23-13)10-16-7-4-6-15-5-2-3-8-17(15)16;1-6-2-4-7(8)5-3-6;1-2/h2-8,13-14,18H,9-12,20H2,1H3;2-5,8H,1H3;1-2H3/t13?,14?,18-;;/m0../s1. The largest absolute Gasteiger partial charge is 0.508 e. The summed E-state index contributed by atoms with van der Waals surface area (Å²) >= 11 is 0. The van der Waals surface area contributed by atoms with Gasteiger partial charge < -0.3 is 20.3 Å². The van der Waals surface area contributed by atoms with Crippen molar-refractivity contribution < 1.29 is 19.4 Å². The highest BCUT2D eigenvalue weighted by atomic mass is 16.5. The van der Waals surface area contributed by atoms with Gasteiger partial charge in [-0.05, 0) is 61.1 Å². The molecule has 3 N–H and O–H groups in total. The molecule has 5 heteroatoms. The monoisotopic (exact) mass is 451 g/mol. The van der Waals surface area contributed by atoms with Crippen LogP contribution in [-0.4, -0.2) is 36.4 Å². The fourth-order valence-electron chi connectivity index (χ4n) is 3.77. The second-order valence-corrected chi connectivity index (χ2v) is 8.17. The molecule has 0 aliphatic carbocycles. The van der Waals surface area contributed by atoms with E-state index in [0.717, 1.165) is 12.8 Å². The lowest BCUT2D eigenvalue weighted by atomic mass is 9.92. The summed E-state index contributed by atoms with van der Waals surface area (Å²) in [5.41, 5.74) is 8.23. The number of hydrogen-bond acceptors (Lipinski definition) is 5. The van der Waals surface area contributed by atoms with Gasteiger partial charge in [-0.1, -0.05) is 74.0 Å². The Labute approximate surface area is 197 Å². The summed E-state index contributed by atoms with van der Waals surface area (Å²) < 4.78 is 11.1. The molecule has 1 aliphatic rings. The van der Waals surface area contributed by atoms with Gasteiger partial charge in [0, 0.05) is 6.61 Å². The van der Waals surface area contributed by atoms with Gasteiger partial charge in [0.25, 0.3) is 0 Å². The minimum atomic E-state index is -0.686. The van der Waals surface area contributed by atoms with E-state index in [2.05, 4.69) is 42.5 Å². The van der Waals surface area contributed by atoms with Gasteiger partial charge in [0.2, 0.25) is 0 Å². The highest BCUT2D eigenvalue weighted by Crippen LogP contribution is 2.24. The van der Waals surface area contributed by atoms with Crippen LogP contribution in [0.2, 0.25) is 0 Å². The molecular weight excluding hydrogens is 414 g/mol. The van der Waals surface area contributed by atoms with Crippen LogP contribution in [0.5, 0.6) is 5.75 Å². The molecule has 1 aliphatic heterocycles. The normalized spacial score (nSPS) is 20.6. The Morgan fingerprint density at radius 1 is 0.970 bits per heavy atom. The van der Waals surface area contributed by atoms with Crippen LogP contribution in [-0.2, 0) is 20.7 Å². The number of aromatic hydroxyl groups is 1. The zero-order valence-corrected chi connectivity index (χ0v) is 20.2. The summed E-state index contributed by atoms with van der Waals surface area (Å²) in [6.45, 7) is 8.72. The molecule has 0 aromatic heterocycles. The molecule has 1 fully saturated rings. The molecule has 0 amide bonds. The number of esters is 1. The Morgan fingerprint density at radius 2 is 1.64 bits per heavy atom. The van der Waals surface area contributed by atoms with Crippen molar-refractivity contribution in [2.24, 2.45) is 11.7 Å². The zero-order chi connectivity index (χ0) is 24.2. The Hall–Kier alpha value is -2.89. The molecule has 3 aromatic carbocycles. The van der Waals surface area contributed by atoms with E-state index in [4.69, 9.17) is 20.3 Å². The lowest BCUT2D eigenvalue weighted by Crippen LogP contribution is -2.37. The Kier molecular flexibility index (Phi) is 10.9. The maximum atomic E-state index is 11.7. The van der Waals surface area contributed by atoms with Crippen LogP contribution in [0, 0.1) is 12.8 Å². The molecule has 1 heterocycles. The summed E-state index contributed by atoms with van der Waals surface area (Å²) in [6, 6.07) is 21.2. The predicted octanol–water partition coefficient (Wildman–Crippen LogP) is 5.40. The number of aryl methyl sites for hydroxylation is 1. The van der Waals surface area contributed by atoms with Gasteiger partial charge in [-0.25, -0.2) is 0 Å². The van der Waals surface area contributed by atoms with E-state index < -0.39 is 6.04 Å². The van der Waals surface area contributed by atoms with Crippen molar-refractivity contribution >= 4 is 16.7 Å². The maximum Gasteiger partial charge on any atom is 0.325 e. The number of phenolic OH excluding ortho intramolecular Hbond substituents is 1. The van der Waals surface area contributed by atoms with E-state index in [9.17, 15) is 4.79 Å². The van der Waals surface area contributed by atoms with Crippen molar-refractivity contribution in [2.45, 2.75) is 52.7 Å². The second kappa shape index (κ2) is 13.6. The number of phenols is 1.